The topological polar surface area (TPSA) is 98.5 Å². The number of phenols is 1. The predicted octanol–water partition coefficient (Wildman–Crippen LogP) is 5.34. The summed E-state index contributed by atoms with van der Waals surface area (Å²) in [7, 11) is 1.70. The Balaban J connectivity index is 1.47. The summed E-state index contributed by atoms with van der Waals surface area (Å²) in [5.41, 5.74) is 1.46. The number of carbonyl (C=O) groups is 1. The Kier molecular flexibility index (Phi) is 11.4. The van der Waals surface area contributed by atoms with Crippen molar-refractivity contribution >= 4 is 17.7 Å². The Morgan fingerprint density at radius 1 is 0.975 bits per heavy atom. The number of aromatic nitrogens is 3. The molecule has 0 aliphatic heterocycles. The zero-order valence-corrected chi connectivity index (χ0v) is 23.6. The molecule has 0 saturated heterocycles. The normalized spacial score (nSPS) is 11.7. The number of para-hydroxylation sites is 2. The first-order valence-corrected chi connectivity index (χ1v) is 14.5. The third kappa shape index (κ3) is 8.59. The highest BCUT2D eigenvalue weighted by Gasteiger charge is 2.23. The van der Waals surface area contributed by atoms with Gasteiger partial charge in [0.1, 0.15) is 17.3 Å². The molecule has 4 rings (SSSR count). The van der Waals surface area contributed by atoms with Gasteiger partial charge in [-0.05, 0) is 49.1 Å². The second kappa shape index (κ2) is 15.7. The van der Waals surface area contributed by atoms with E-state index in [2.05, 4.69) is 32.2 Å². The van der Waals surface area contributed by atoms with Crippen molar-refractivity contribution in [3.8, 4) is 11.5 Å². The van der Waals surface area contributed by atoms with Crippen LogP contribution in [0.15, 0.2) is 90.1 Å². The Labute approximate surface area is 239 Å². The van der Waals surface area contributed by atoms with Crippen LogP contribution in [0.3, 0.4) is 0 Å². The molecule has 4 aromatic rings. The summed E-state index contributed by atoms with van der Waals surface area (Å²) in [6.07, 6.45) is 2.26. The summed E-state index contributed by atoms with van der Waals surface area (Å²) in [5.74, 6) is 2.17. The SMILES string of the molecule is COCCCn1c(SCCOc2ccccc2)nnc1C(CCNC(=O)c1ccccc1O)Cc1ccccc1. The average Bonchev–Trinajstić information content (AvgIpc) is 3.38. The summed E-state index contributed by atoms with van der Waals surface area (Å²) in [6.45, 7) is 2.36. The van der Waals surface area contributed by atoms with Gasteiger partial charge in [0, 0.05) is 38.5 Å². The summed E-state index contributed by atoms with van der Waals surface area (Å²) in [5, 5.41) is 23.1. The number of aromatic hydroxyl groups is 1. The number of hydrogen-bond acceptors (Lipinski definition) is 7. The molecule has 2 N–H and O–H groups in total. The minimum atomic E-state index is -0.298. The van der Waals surface area contributed by atoms with Crippen LogP contribution in [-0.4, -0.2) is 58.4 Å². The van der Waals surface area contributed by atoms with Crippen molar-refractivity contribution in [2.75, 3.05) is 32.6 Å². The number of methoxy groups -OCH3 is 1. The fourth-order valence-corrected chi connectivity index (χ4v) is 5.23. The zero-order valence-electron chi connectivity index (χ0n) is 22.7. The van der Waals surface area contributed by atoms with E-state index in [0.717, 1.165) is 41.9 Å². The number of phenolic OH excluding ortho intramolecular Hbond substituents is 1. The molecule has 0 saturated carbocycles. The maximum absolute atomic E-state index is 12.7. The van der Waals surface area contributed by atoms with Gasteiger partial charge in [0.15, 0.2) is 5.16 Å². The number of rotatable bonds is 16. The molecule has 1 atom stereocenters. The molecule has 210 valence electrons. The Hall–Kier alpha value is -3.82. The third-order valence-corrected chi connectivity index (χ3v) is 7.35. The number of thioether (sulfide) groups is 1. The van der Waals surface area contributed by atoms with Crippen LogP contribution < -0.4 is 10.1 Å². The first-order valence-electron chi connectivity index (χ1n) is 13.5. The molecule has 0 bridgehead atoms. The van der Waals surface area contributed by atoms with E-state index in [1.165, 1.54) is 11.6 Å². The smallest absolute Gasteiger partial charge is 0.255 e. The number of hydrogen-bond donors (Lipinski definition) is 2. The Morgan fingerprint density at radius 3 is 2.45 bits per heavy atom. The minimum Gasteiger partial charge on any atom is -0.507 e. The van der Waals surface area contributed by atoms with Crippen molar-refractivity contribution in [3.05, 3.63) is 102 Å². The van der Waals surface area contributed by atoms with Crippen LogP contribution in [0.1, 0.15) is 40.5 Å². The lowest BCUT2D eigenvalue weighted by Gasteiger charge is -2.19. The monoisotopic (exact) mass is 560 g/mol. The molecule has 1 aromatic heterocycles. The number of carbonyl (C=O) groups excluding carboxylic acids is 1. The lowest BCUT2D eigenvalue weighted by atomic mass is 9.95. The quantitative estimate of drug-likeness (QED) is 0.141. The van der Waals surface area contributed by atoms with Gasteiger partial charge >= 0.3 is 0 Å². The standard InChI is InChI=1S/C31H36N4O4S/c1-38-20-10-19-35-29(33-34-31(35)40-22-21-39-26-13-6-3-7-14-26)25(23-24-11-4-2-5-12-24)17-18-32-30(37)27-15-8-9-16-28(27)36/h2-9,11-16,25,36H,10,17-23H2,1H3,(H,32,37). The highest BCUT2D eigenvalue weighted by atomic mass is 32.2. The second-order valence-corrected chi connectivity index (χ2v) is 10.4. The Bertz CT molecular complexity index is 1320. The molecular formula is C31H36N4O4S. The fraction of sp³-hybridized carbons (Fsp3) is 0.323. The third-order valence-electron chi connectivity index (χ3n) is 6.42. The van der Waals surface area contributed by atoms with Gasteiger partial charge in [-0.1, -0.05) is 72.4 Å². The predicted molar refractivity (Wildman–Crippen MR) is 157 cm³/mol. The average molecular weight is 561 g/mol. The van der Waals surface area contributed by atoms with Gasteiger partial charge in [0.05, 0.1) is 12.2 Å². The van der Waals surface area contributed by atoms with E-state index in [-0.39, 0.29) is 23.1 Å². The van der Waals surface area contributed by atoms with Crippen LogP contribution in [0.5, 0.6) is 11.5 Å². The molecule has 9 heteroatoms. The van der Waals surface area contributed by atoms with Crippen LogP contribution in [0.4, 0.5) is 0 Å². The zero-order chi connectivity index (χ0) is 28.0. The molecule has 1 amide bonds. The van der Waals surface area contributed by atoms with Crippen LogP contribution >= 0.6 is 11.8 Å². The number of amides is 1. The number of ether oxygens (including phenoxy) is 2. The summed E-state index contributed by atoms with van der Waals surface area (Å²) < 4.78 is 13.4. The second-order valence-electron chi connectivity index (χ2n) is 9.30. The number of nitrogens with zero attached hydrogens (tertiary/aromatic N) is 3. The molecule has 8 nitrogen and oxygen atoms in total. The largest absolute Gasteiger partial charge is 0.507 e. The van der Waals surface area contributed by atoms with Crippen molar-refractivity contribution in [2.24, 2.45) is 0 Å². The first-order chi connectivity index (χ1) is 19.7. The van der Waals surface area contributed by atoms with E-state index in [1.54, 1.807) is 37.1 Å². The van der Waals surface area contributed by atoms with Gasteiger partial charge in [-0.3, -0.25) is 4.79 Å². The fourth-order valence-electron chi connectivity index (χ4n) is 4.44. The van der Waals surface area contributed by atoms with Crippen molar-refractivity contribution < 1.29 is 19.4 Å². The molecule has 0 fully saturated rings. The van der Waals surface area contributed by atoms with Crippen molar-refractivity contribution in [1.82, 2.24) is 20.1 Å². The Morgan fingerprint density at radius 2 is 1.70 bits per heavy atom. The van der Waals surface area contributed by atoms with Gasteiger partial charge in [-0.25, -0.2) is 0 Å². The lowest BCUT2D eigenvalue weighted by molar-refractivity contribution is 0.0949. The summed E-state index contributed by atoms with van der Waals surface area (Å²) in [6, 6.07) is 26.6. The molecular weight excluding hydrogens is 524 g/mol. The highest BCUT2D eigenvalue weighted by molar-refractivity contribution is 7.99. The van der Waals surface area contributed by atoms with Crippen LogP contribution in [-0.2, 0) is 17.7 Å². The minimum absolute atomic E-state index is 0.0250. The number of nitrogens with one attached hydrogen (secondary N) is 1. The lowest BCUT2D eigenvalue weighted by Crippen LogP contribution is -2.27. The molecule has 1 heterocycles. The number of benzene rings is 3. The van der Waals surface area contributed by atoms with E-state index in [9.17, 15) is 9.90 Å². The van der Waals surface area contributed by atoms with Gasteiger partial charge in [0.25, 0.3) is 5.91 Å². The van der Waals surface area contributed by atoms with E-state index < -0.39 is 0 Å². The van der Waals surface area contributed by atoms with Crippen LogP contribution in [0.25, 0.3) is 0 Å². The summed E-state index contributed by atoms with van der Waals surface area (Å²) >= 11 is 1.62. The van der Waals surface area contributed by atoms with Crippen LogP contribution in [0.2, 0.25) is 0 Å². The van der Waals surface area contributed by atoms with Crippen molar-refractivity contribution in [2.45, 2.75) is 36.9 Å². The molecule has 3 aromatic carbocycles. The highest BCUT2D eigenvalue weighted by Crippen LogP contribution is 2.27. The molecule has 0 aliphatic rings. The molecule has 40 heavy (non-hydrogen) atoms. The van der Waals surface area contributed by atoms with Gasteiger partial charge in [0.2, 0.25) is 0 Å². The maximum Gasteiger partial charge on any atom is 0.255 e. The van der Waals surface area contributed by atoms with Crippen molar-refractivity contribution in [3.63, 3.8) is 0 Å². The summed E-state index contributed by atoms with van der Waals surface area (Å²) in [4.78, 5) is 12.7. The van der Waals surface area contributed by atoms with Gasteiger partial charge in [-0.2, -0.15) is 0 Å². The van der Waals surface area contributed by atoms with E-state index in [1.807, 2.05) is 48.5 Å². The maximum atomic E-state index is 12.7. The van der Waals surface area contributed by atoms with E-state index >= 15 is 0 Å². The molecule has 0 aliphatic carbocycles. The van der Waals surface area contributed by atoms with Crippen molar-refractivity contribution in [1.29, 1.82) is 0 Å². The molecule has 0 spiro atoms. The van der Waals surface area contributed by atoms with E-state index in [0.29, 0.717) is 26.2 Å². The first kappa shape index (κ1) is 29.2. The van der Waals surface area contributed by atoms with E-state index in [4.69, 9.17) is 9.47 Å². The molecule has 0 radical (unpaired) electrons. The van der Waals surface area contributed by atoms with Crippen LogP contribution in [0, 0.1) is 0 Å². The molecule has 1 unspecified atom stereocenters. The van der Waals surface area contributed by atoms with Gasteiger partial charge in [-0.15, -0.1) is 10.2 Å². The van der Waals surface area contributed by atoms with Gasteiger partial charge < -0.3 is 24.5 Å².